The number of nitrogens with one attached hydrogen (secondary N) is 1. The van der Waals surface area contributed by atoms with E-state index in [1.807, 2.05) is 36.4 Å². The number of carbonyl (C=O) groups is 2. The molecule has 0 aliphatic carbocycles. The van der Waals surface area contributed by atoms with E-state index in [0.29, 0.717) is 11.1 Å². The Kier molecular flexibility index (Phi) is 5.68. The third-order valence-electron chi connectivity index (χ3n) is 5.11. The molecule has 150 valence electrons. The molecule has 0 saturated carbocycles. The van der Waals surface area contributed by atoms with Crippen molar-refractivity contribution in [1.82, 2.24) is 4.98 Å². The van der Waals surface area contributed by atoms with Crippen LogP contribution in [0.25, 0.3) is 10.9 Å². The summed E-state index contributed by atoms with van der Waals surface area (Å²) in [5.74, 6) is -0.932. The first kappa shape index (κ1) is 19.9. The fraction of sp³-hybridized carbons (Fsp3) is 0.120. The van der Waals surface area contributed by atoms with Gasteiger partial charge in [-0.25, -0.2) is 4.79 Å². The number of halogens is 1. The highest BCUT2D eigenvalue weighted by molar-refractivity contribution is 6.33. The Morgan fingerprint density at radius 1 is 0.933 bits per heavy atom. The van der Waals surface area contributed by atoms with E-state index in [0.717, 1.165) is 22.9 Å². The molecule has 4 nitrogen and oxygen atoms in total. The predicted octanol–water partition coefficient (Wildman–Crippen LogP) is 6.16. The van der Waals surface area contributed by atoms with E-state index >= 15 is 0 Å². The van der Waals surface area contributed by atoms with Gasteiger partial charge < -0.3 is 9.72 Å². The van der Waals surface area contributed by atoms with Crippen LogP contribution in [0.1, 0.15) is 44.9 Å². The minimum absolute atomic E-state index is 0.222. The van der Waals surface area contributed by atoms with Crippen LogP contribution < -0.4 is 0 Å². The number of aromatic nitrogens is 1. The van der Waals surface area contributed by atoms with Gasteiger partial charge in [0.25, 0.3) is 0 Å². The van der Waals surface area contributed by atoms with Crippen molar-refractivity contribution in [3.63, 3.8) is 0 Å². The molecule has 0 saturated heterocycles. The summed E-state index contributed by atoms with van der Waals surface area (Å²) in [4.78, 5) is 29.6. The van der Waals surface area contributed by atoms with Crippen molar-refractivity contribution in [3.05, 3.63) is 106 Å². The summed E-state index contributed by atoms with van der Waals surface area (Å²) in [6, 6.07) is 21.5. The highest BCUT2D eigenvalue weighted by Gasteiger charge is 2.29. The fourth-order valence-corrected chi connectivity index (χ4v) is 3.77. The maximum atomic E-state index is 13.5. The van der Waals surface area contributed by atoms with Gasteiger partial charge in [0.1, 0.15) is 0 Å². The number of hydrogen-bond acceptors (Lipinski definition) is 3. The fourth-order valence-electron chi connectivity index (χ4n) is 3.55. The van der Waals surface area contributed by atoms with Gasteiger partial charge in [0.05, 0.1) is 10.6 Å². The van der Waals surface area contributed by atoms with Crippen LogP contribution >= 0.6 is 11.6 Å². The Bertz CT molecular complexity index is 1210. The van der Waals surface area contributed by atoms with E-state index in [-0.39, 0.29) is 16.4 Å². The van der Waals surface area contributed by atoms with Crippen LogP contribution in [0, 0.1) is 0 Å². The lowest BCUT2D eigenvalue weighted by atomic mass is 9.98. The van der Waals surface area contributed by atoms with Crippen molar-refractivity contribution in [2.45, 2.75) is 19.4 Å². The molecule has 0 radical (unpaired) electrons. The standard InChI is InChI=1S/C25H20ClNO3/c1-2-16-11-8-13-18-20(15-27-22(16)18)23(28)24(17-9-4-3-5-10-17)30-25(29)19-12-6-7-14-21(19)26/h3-15,24,27H,2H2,1H3/t24-/m0/s1. The zero-order valence-corrected chi connectivity index (χ0v) is 17.1. The summed E-state index contributed by atoms with van der Waals surface area (Å²) in [6.45, 7) is 2.06. The van der Waals surface area contributed by atoms with Crippen molar-refractivity contribution in [2.75, 3.05) is 0 Å². The number of para-hydroxylation sites is 1. The third kappa shape index (κ3) is 3.74. The SMILES string of the molecule is CCc1cccc2c(C(=O)[C@@H](OC(=O)c3ccccc3Cl)c3ccccc3)c[nH]c12. The van der Waals surface area contributed by atoms with Gasteiger partial charge >= 0.3 is 5.97 Å². The second-order valence-electron chi connectivity index (χ2n) is 6.94. The zero-order chi connectivity index (χ0) is 21.1. The summed E-state index contributed by atoms with van der Waals surface area (Å²) in [5.41, 5.74) is 3.36. The van der Waals surface area contributed by atoms with Crippen LogP contribution in [-0.4, -0.2) is 16.7 Å². The molecule has 1 N–H and O–H groups in total. The minimum Gasteiger partial charge on any atom is -0.445 e. The largest absolute Gasteiger partial charge is 0.445 e. The maximum Gasteiger partial charge on any atom is 0.340 e. The smallest absolute Gasteiger partial charge is 0.340 e. The highest BCUT2D eigenvalue weighted by Crippen LogP contribution is 2.30. The van der Waals surface area contributed by atoms with E-state index in [4.69, 9.17) is 16.3 Å². The number of carbonyl (C=O) groups excluding carboxylic acids is 2. The van der Waals surface area contributed by atoms with Crippen molar-refractivity contribution in [1.29, 1.82) is 0 Å². The molecule has 1 atom stereocenters. The van der Waals surface area contributed by atoms with E-state index in [9.17, 15) is 9.59 Å². The molecule has 0 amide bonds. The predicted molar refractivity (Wildman–Crippen MR) is 118 cm³/mol. The molecule has 3 aromatic carbocycles. The average molecular weight is 418 g/mol. The van der Waals surface area contributed by atoms with Crippen molar-refractivity contribution in [2.24, 2.45) is 0 Å². The quantitative estimate of drug-likeness (QED) is 0.301. The molecule has 0 bridgehead atoms. The van der Waals surface area contributed by atoms with E-state index in [2.05, 4.69) is 11.9 Å². The number of aromatic amines is 1. The molecule has 4 aromatic rings. The Labute approximate surface area is 179 Å². The normalized spacial score (nSPS) is 11.9. The molecule has 1 aromatic heterocycles. The molecular formula is C25H20ClNO3. The van der Waals surface area contributed by atoms with Gasteiger partial charge in [-0.2, -0.15) is 0 Å². The zero-order valence-electron chi connectivity index (χ0n) is 16.4. The third-order valence-corrected chi connectivity index (χ3v) is 5.44. The lowest BCUT2D eigenvalue weighted by Gasteiger charge is -2.17. The Balaban J connectivity index is 1.75. The lowest BCUT2D eigenvalue weighted by molar-refractivity contribution is 0.0281. The second-order valence-corrected chi connectivity index (χ2v) is 7.34. The van der Waals surface area contributed by atoms with Crippen LogP contribution in [0.4, 0.5) is 0 Å². The summed E-state index contributed by atoms with van der Waals surface area (Å²) in [6.07, 6.45) is 1.44. The van der Waals surface area contributed by atoms with Gasteiger partial charge in [-0.3, -0.25) is 4.79 Å². The van der Waals surface area contributed by atoms with Gasteiger partial charge in [0, 0.05) is 28.2 Å². The molecule has 0 aliphatic heterocycles. The van der Waals surface area contributed by atoms with Crippen molar-refractivity contribution < 1.29 is 14.3 Å². The van der Waals surface area contributed by atoms with Gasteiger partial charge in [-0.05, 0) is 24.1 Å². The molecule has 5 heteroatoms. The summed E-state index contributed by atoms with van der Waals surface area (Å²) in [5, 5.41) is 1.09. The number of aryl methyl sites for hydroxylation is 1. The number of H-pyrrole nitrogens is 1. The van der Waals surface area contributed by atoms with Crippen LogP contribution in [0.3, 0.4) is 0 Å². The molecule has 0 aliphatic rings. The molecule has 1 heterocycles. The Morgan fingerprint density at radius 2 is 1.67 bits per heavy atom. The van der Waals surface area contributed by atoms with Crippen LogP contribution in [0.15, 0.2) is 79.0 Å². The first-order valence-electron chi connectivity index (χ1n) is 9.73. The van der Waals surface area contributed by atoms with Gasteiger partial charge in [-0.15, -0.1) is 0 Å². The van der Waals surface area contributed by atoms with Crippen molar-refractivity contribution >= 4 is 34.3 Å². The van der Waals surface area contributed by atoms with Crippen LogP contribution in [0.5, 0.6) is 0 Å². The number of benzene rings is 3. The summed E-state index contributed by atoms with van der Waals surface area (Å²) < 4.78 is 5.71. The van der Waals surface area contributed by atoms with E-state index in [1.54, 1.807) is 42.6 Å². The van der Waals surface area contributed by atoms with Crippen LogP contribution in [-0.2, 0) is 11.2 Å². The molecule has 0 fully saturated rings. The average Bonchev–Trinajstić information content (AvgIpc) is 3.22. The lowest BCUT2D eigenvalue weighted by Crippen LogP contribution is -2.20. The number of esters is 1. The monoisotopic (exact) mass is 417 g/mol. The topological polar surface area (TPSA) is 59.2 Å². The first-order chi connectivity index (χ1) is 14.6. The minimum atomic E-state index is -1.08. The summed E-state index contributed by atoms with van der Waals surface area (Å²) >= 11 is 6.15. The summed E-state index contributed by atoms with van der Waals surface area (Å²) in [7, 11) is 0. The molecule has 4 rings (SSSR count). The number of fused-ring (bicyclic) bond motifs is 1. The van der Waals surface area contributed by atoms with Gasteiger partial charge in [0.15, 0.2) is 6.10 Å². The van der Waals surface area contributed by atoms with E-state index < -0.39 is 12.1 Å². The molecular weight excluding hydrogens is 398 g/mol. The van der Waals surface area contributed by atoms with Gasteiger partial charge in [0.2, 0.25) is 5.78 Å². The Morgan fingerprint density at radius 3 is 2.40 bits per heavy atom. The second kappa shape index (κ2) is 8.56. The van der Waals surface area contributed by atoms with E-state index in [1.165, 1.54) is 0 Å². The Hall–Kier alpha value is -3.37. The molecule has 0 spiro atoms. The highest BCUT2D eigenvalue weighted by atomic mass is 35.5. The van der Waals surface area contributed by atoms with Crippen molar-refractivity contribution in [3.8, 4) is 0 Å². The number of rotatable bonds is 6. The molecule has 30 heavy (non-hydrogen) atoms. The van der Waals surface area contributed by atoms with Gasteiger partial charge in [-0.1, -0.05) is 79.2 Å². The number of hydrogen-bond donors (Lipinski definition) is 1. The number of ether oxygens (including phenoxy) is 1. The maximum absolute atomic E-state index is 13.5. The van der Waals surface area contributed by atoms with Crippen LogP contribution in [0.2, 0.25) is 5.02 Å². The number of ketones is 1. The first-order valence-corrected chi connectivity index (χ1v) is 10.1. The number of Topliss-reactive ketones (excluding diaryl/α,β-unsaturated/α-hetero) is 1. The molecule has 0 unspecified atom stereocenters.